The normalized spacial score (nSPS) is 17.8. The van der Waals surface area contributed by atoms with Crippen molar-refractivity contribution in [1.82, 2.24) is 9.80 Å². The summed E-state index contributed by atoms with van der Waals surface area (Å²) in [5.74, 6) is -2.92. The molecule has 2 heterocycles. The van der Waals surface area contributed by atoms with Gasteiger partial charge in [-0.05, 0) is 24.6 Å². The second kappa shape index (κ2) is 8.56. The third-order valence-corrected chi connectivity index (χ3v) is 5.65. The number of β-amino-alcohol motifs (C(OH)–C–C–N with tert-alkyl or cyclic N) is 1. The summed E-state index contributed by atoms with van der Waals surface area (Å²) >= 11 is 0. The van der Waals surface area contributed by atoms with Gasteiger partial charge in [-0.1, -0.05) is 29.8 Å². The molecule has 8 heteroatoms. The maximum atomic E-state index is 14.5. The lowest BCUT2D eigenvalue weighted by atomic mass is 10.0. The molecule has 2 amide bonds. The Labute approximate surface area is 179 Å². The third-order valence-electron chi connectivity index (χ3n) is 5.65. The number of carbonyl (C=O) groups is 2. The number of aliphatic hydroxyl groups excluding tert-OH is 1. The van der Waals surface area contributed by atoms with Crippen LogP contribution in [0.2, 0.25) is 0 Å². The molecule has 2 aromatic rings. The molecule has 2 aliphatic rings. The predicted molar refractivity (Wildman–Crippen MR) is 112 cm³/mol. The van der Waals surface area contributed by atoms with E-state index in [2.05, 4.69) is 4.90 Å². The number of anilines is 1. The van der Waals surface area contributed by atoms with Gasteiger partial charge in [-0.2, -0.15) is 0 Å². The molecular weight excluding hydrogens is 404 g/mol. The number of piperazine rings is 1. The van der Waals surface area contributed by atoms with E-state index in [1.807, 2.05) is 24.0 Å². The van der Waals surface area contributed by atoms with Gasteiger partial charge in [0.1, 0.15) is 17.3 Å². The second-order valence-corrected chi connectivity index (χ2v) is 7.68. The zero-order valence-corrected chi connectivity index (χ0v) is 17.1. The number of carbonyl (C=O) groups excluding carboxylic acids is 2. The highest BCUT2D eigenvalue weighted by molar-refractivity contribution is 6.45. The fourth-order valence-corrected chi connectivity index (χ4v) is 4.00. The lowest BCUT2D eigenvalue weighted by Gasteiger charge is -2.36. The first-order valence-corrected chi connectivity index (χ1v) is 10.1. The molecule has 2 aliphatic heterocycles. The molecule has 1 fully saturated rings. The van der Waals surface area contributed by atoms with Crippen molar-refractivity contribution < 1.29 is 23.5 Å². The van der Waals surface area contributed by atoms with Crippen LogP contribution in [0.4, 0.5) is 14.5 Å². The van der Waals surface area contributed by atoms with Gasteiger partial charge in [0.25, 0.3) is 11.8 Å². The average Bonchev–Trinajstić information content (AvgIpc) is 3.01. The van der Waals surface area contributed by atoms with Gasteiger partial charge < -0.3 is 10.0 Å². The first kappa shape index (κ1) is 21.1. The molecule has 6 nitrogen and oxygen atoms in total. The molecule has 1 N–H and O–H groups in total. The van der Waals surface area contributed by atoms with Gasteiger partial charge in [0.05, 0.1) is 17.9 Å². The number of amides is 2. The van der Waals surface area contributed by atoms with Gasteiger partial charge in [-0.25, -0.2) is 13.7 Å². The van der Waals surface area contributed by atoms with E-state index in [-0.39, 0.29) is 17.9 Å². The second-order valence-electron chi connectivity index (χ2n) is 7.68. The Hall–Kier alpha value is -3.10. The summed E-state index contributed by atoms with van der Waals surface area (Å²) in [6.07, 6.45) is 0. The fourth-order valence-electron chi connectivity index (χ4n) is 4.00. The van der Waals surface area contributed by atoms with E-state index in [0.717, 1.165) is 28.7 Å². The number of nitrogens with zero attached hydrogens (tertiary/aromatic N) is 3. The van der Waals surface area contributed by atoms with Crippen molar-refractivity contribution in [2.24, 2.45) is 0 Å². The van der Waals surface area contributed by atoms with Crippen molar-refractivity contribution in [2.75, 3.05) is 44.2 Å². The smallest absolute Gasteiger partial charge is 0.282 e. The fraction of sp³-hybridized carbons (Fsp3) is 0.304. The van der Waals surface area contributed by atoms with Gasteiger partial charge in [0, 0.05) is 38.8 Å². The molecular formula is C23H23F2N3O3. The summed E-state index contributed by atoms with van der Waals surface area (Å²) in [5, 5.41) is 9.16. The molecule has 31 heavy (non-hydrogen) atoms. The van der Waals surface area contributed by atoms with Crippen molar-refractivity contribution in [3.8, 4) is 0 Å². The van der Waals surface area contributed by atoms with Crippen LogP contribution in [0.3, 0.4) is 0 Å². The van der Waals surface area contributed by atoms with E-state index in [1.54, 1.807) is 12.1 Å². The molecule has 2 aromatic carbocycles. The predicted octanol–water partition coefficient (Wildman–Crippen LogP) is 2.17. The third kappa shape index (κ3) is 3.96. The van der Waals surface area contributed by atoms with Gasteiger partial charge in [-0.3, -0.25) is 14.5 Å². The van der Waals surface area contributed by atoms with Crippen LogP contribution in [-0.4, -0.2) is 66.1 Å². The quantitative estimate of drug-likeness (QED) is 0.741. The summed E-state index contributed by atoms with van der Waals surface area (Å²) in [6, 6.07) is 9.89. The lowest BCUT2D eigenvalue weighted by Crippen LogP contribution is -2.48. The van der Waals surface area contributed by atoms with Gasteiger partial charge >= 0.3 is 0 Å². The number of hydrogen-bond donors (Lipinski definition) is 1. The number of hydrogen-bond acceptors (Lipinski definition) is 5. The van der Waals surface area contributed by atoms with Gasteiger partial charge in [0.2, 0.25) is 0 Å². The number of imide groups is 1. The highest BCUT2D eigenvalue weighted by atomic mass is 19.1. The Morgan fingerprint density at radius 2 is 1.61 bits per heavy atom. The standard InChI is InChI=1S/C23H23F2N3O3/c1-15-2-4-16(5-3-15)20-21(27-10-8-26(9-11-27)12-13-29)23(31)28(22(20)30)19-14-17(24)6-7-18(19)25/h2-7,14,29H,8-13H2,1H3. The molecule has 0 spiro atoms. The Morgan fingerprint density at radius 3 is 2.26 bits per heavy atom. The van der Waals surface area contributed by atoms with Crippen molar-refractivity contribution in [1.29, 1.82) is 0 Å². The molecule has 162 valence electrons. The molecule has 0 saturated carbocycles. The average molecular weight is 427 g/mol. The maximum absolute atomic E-state index is 14.5. The number of halogens is 2. The summed E-state index contributed by atoms with van der Waals surface area (Å²) < 4.78 is 28.3. The molecule has 0 aliphatic carbocycles. The van der Waals surface area contributed by atoms with Crippen LogP contribution in [0.15, 0.2) is 48.2 Å². The largest absolute Gasteiger partial charge is 0.395 e. The van der Waals surface area contributed by atoms with Gasteiger partial charge in [-0.15, -0.1) is 0 Å². The Bertz CT molecular complexity index is 1040. The first-order valence-electron chi connectivity index (χ1n) is 10.1. The molecule has 4 rings (SSSR count). The molecule has 0 aromatic heterocycles. The van der Waals surface area contributed by atoms with Crippen LogP contribution in [0.5, 0.6) is 0 Å². The van der Waals surface area contributed by atoms with E-state index in [9.17, 15) is 18.4 Å². The van der Waals surface area contributed by atoms with Crippen molar-refractivity contribution in [2.45, 2.75) is 6.92 Å². The number of aryl methyl sites for hydroxylation is 1. The molecule has 0 bridgehead atoms. The monoisotopic (exact) mass is 427 g/mol. The Kier molecular flexibility index (Phi) is 5.84. The van der Waals surface area contributed by atoms with Crippen LogP contribution >= 0.6 is 0 Å². The maximum Gasteiger partial charge on any atom is 0.282 e. The van der Waals surface area contributed by atoms with Crippen LogP contribution < -0.4 is 4.90 Å². The number of benzene rings is 2. The van der Waals surface area contributed by atoms with Crippen molar-refractivity contribution in [3.63, 3.8) is 0 Å². The van der Waals surface area contributed by atoms with Crippen LogP contribution in [0.1, 0.15) is 11.1 Å². The van der Waals surface area contributed by atoms with Crippen molar-refractivity contribution in [3.05, 3.63) is 70.9 Å². The van der Waals surface area contributed by atoms with E-state index in [4.69, 9.17) is 5.11 Å². The summed E-state index contributed by atoms with van der Waals surface area (Å²) in [6.45, 7) is 4.66. The molecule has 1 saturated heterocycles. The highest BCUT2D eigenvalue weighted by Gasteiger charge is 2.44. The first-order chi connectivity index (χ1) is 14.9. The SMILES string of the molecule is Cc1ccc(C2=C(N3CCN(CCO)CC3)C(=O)N(c3cc(F)ccc3F)C2=O)cc1. The Morgan fingerprint density at radius 1 is 0.935 bits per heavy atom. The minimum absolute atomic E-state index is 0.0430. The molecule has 0 atom stereocenters. The topological polar surface area (TPSA) is 64.1 Å². The summed E-state index contributed by atoms with van der Waals surface area (Å²) in [5.41, 5.74) is 1.53. The minimum atomic E-state index is -0.847. The van der Waals surface area contributed by atoms with E-state index in [0.29, 0.717) is 38.3 Å². The zero-order valence-electron chi connectivity index (χ0n) is 17.1. The molecule has 0 unspecified atom stereocenters. The minimum Gasteiger partial charge on any atom is -0.395 e. The summed E-state index contributed by atoms with van der Waals surface area (Å²) in [7, 11) is 0. The Balaban J connectivity index is 1.77. The van der Waals surface area contributed by atoms with E-state index < -0.39 is 29.1 Å². The molecule has 0 radical (unpaired) electrons. The van der Waals surface area contributed by atoms with Crippen LogP contribution in [-0.2, 0) is 9.59 Å². The summed E-state index contributed by atoms with van der Waals surface area (Å²) in [4.78, 5) is 31.4. The van der Waals surface area contributed by atoms with Gasteiger partial charge in [0.15, 0.2) is 0 Å². The zero-order chi connectivity index (χ0) is 22.1. The number of aliphatic hydroxyl groups is 1. The number of rotatable bonds is 5. The van der Waals surface area contributed by atoms with E-state index in [1.165, 1.54) is 0 Å². The van der Waals surface area contributed by atoms with Crippen LogP contribution in [0, 0.1) is 18.6 Å². The lowest BCUT2D eigenvalue weighted by molar-refractivity contribution is -0.120. The highest BCUT2D eigenvalue weighted by Crippen LogP contribution is 2.36. The van der Waals surface area contributed by atoms with Crippen molar-refractivity contribution >= 4 is 23.1 Å². The van der Waals surface area contributed by atoms with E-state index >= 15 is 0 Å². The van der Waals surface area contributed by atoms with Crippen LogP contribution in [0.25, 0.3) is 5.57 Å².